The van der Waals surface area contributed by atoms with Crippen LogP contribution in [0.4, 0.5) is 0 Å². The summed E-state index contributed by atoms with van der Waals surface area (Å²) in [7, 11) is 0. The number of nitrogens with zero attached hydrogens (tertiary/aromatic N) is 1. The zero-order valence-corrected chi connectivity index (χ0v) is 10.8. The predicted octanol–water partition coefficient (Wildman–Crippen LogP) is 3.63. The maximum absolute atomic E-state index is 12.6. The Kier molecular flexibility index (Phi) is 3.12. The molecular formula is C15H21NO. The zero-order chi connectivity index (χ0) is 12.5. The highest BCUT2D eigenvalue weighted by molar-refractivity contribution is 5.93. The highest BCUT2D eigenvalue weighted by atomic mass is 16.1. The van der Waals surface area contributed by atoms with Crippen LogP contribution < -0.4 is 0 Å². The van der Waals surface area contributed by atoms with Crippen molar-refractivity contribution >= 4 is 5.78 Å². The Morgan fingerprint density at radius 1 is 1.35 bits per heavy atom. The van der Waals surface area contributed by atoms with Gasteiger partial charge in [-0.25, -0.2) is 0 Å². The summed E-state index contributed by atoms with van der Waals surface area (Å²) in [6.45, 7) is 3.99. The Bertz CT molecular complexity index is 388. The number of carbonyl (C=O) groups excluding carboxylic acids is 1. The van der Waals surface area contributed by atoms with Gasteiger partial charge in [0.05, 0.1) is 6.07 Å². The van der Waals surface area contributed by atoms with Crippen molar-refractivity contribution in [2.45, 2.75) is 52.4 Å². The van der Waals surface area contributed by atoms with E-state index in [1.54, 1.807) is 0 Å². The van der Waals surface area contributed by atoms with Gasteiger partial charge in [-0.1, -0.05) is 32.4 Å². The molecule has 0 radical (unpaired) electrons. The molecule has 0 amide bonds. The van der Waals surface area contributed by atoms with E-state index in [1.165, 1.54) is 0 Å². The predicted molar refractivity (Wildman–Crippen MR) is 67.2 cm³/mol. The molecule has 0 spiro atoms. The van der Waals surface area contributed by atoms with Gasteiger partial charge in [-0.15, -0.1) is 0 Å². The summed E-state index contributed by atoms with van der Waals surface area (Å²) >= 11 is 0. The first-order chi connectivity index (χ1) is 8.03. The van der Waals surface area contributed by atoms with Crippen molar-refractivity contribution in [2.24, 2.45) is 16.7 Å². The summed E-state index contributed by atoms with van der Waals surface area (Å²) in [6.07, 6.45) is 10.1. The minimum absolute atomic E-state index is 0.147. The number of hydrogen-bond donors (Lipinski definition) is 0. The molecule has 0 aromatic rings. The molecule has 0 aliphatic heterocycles. The van der Waals surface area contributed by atoms with E-state index >= 15 is 0 Å². The fourth-order valence-electron chi connectivity index (χ4n) is 3.41. The molecule has 0 saturated heterocycles. The molecule has 1 saturated carbocycles. The largest absolute Gasteiger partial charge is 0.297 e. The third-order valence-electron chi connectivity index (χ3n) is 4.48. The summed E-state index contributed by atoms with van der Waals surface area (Å²) in [5, 5.41) is 9.59. The van der Waals surface area contributed by atoms with Gasteiger partial charge in [0, 0.05) is 11.3 Å². The normalized spacial score (nSPS) is 36.5. The maximum atomic E-state index is 12.6. The number of allylic oxidation sites excluding steroid dienone is 2. The third kappa shape index (κ3) is 1.92. The maximum Gasteiger partial charge on any atom is 0.159 e. The molecule has 0 heterocycles. The number of Topliss-reactive ketones (excluding diaryl/α,β-unsaturated/α-hetero) is 1. The average Bonchev–Trinajstić information content (AvgIpc) is 2.34. The SMILES string of the molecule is CC1(C)CCCC(C#N)(C2C=CCCC2)C1=O. The van der Waals surface area contributed by atoms with Crippen LogP contribution in [0.25, 0.3) is 0 Å². The Labute approximate surface area is 104 Å². The van der Waals surface area contributed by atoms with Crippen molar-refractivity contribution < 1.29 is 4.79 Å². The first-order valence-electron chi connectivity index (χ1n) is 6.66. The lowest BCUT2D eigenvalue weighted by molar-refractivity contribution is -0.140. The number of ketones is 1. The third-order valence-corrected chi connectivity index (χ3v) is 4.48. The Hall–Kier alpha value is -1.10. The molecule has 2 nitrogen and oxygen atoms in total. The molecule has 1 fully saturated rings. The molecule has 17 heavy (non-hydrogen) atoms. The zero-order valence-electron chi connectivity index (χ0n) is 10.8. The minimum Gasteiger partial charge on any atom is -0.297 e. The lowest BCUT2D eigenvalue weighted by Gasteiger charge is -2.43. The molecule has 0 aromatic carbocycles. The Morgan fingerprint density at radius 2 is 2.12 bits per heavy atom. The average molecular weight is 231 g/mol. The van der Waals surface area contributed by atoms with E-state index in [2.05, 4.69) is 18.2 Å². The van der Waals surface area contributed by atoms with Crippen LogP contribution in [0.1, 0.15) is 52.4 Å². The van der Waals surface area contributed by atoms with E-state index in [0.717, 1.165) is 38.5 Å². The smallest absolute Gasteiger partial charge is 0.159 e. The van der Waals surface area contributed by atoms with Gasteiger partial charge in [0.15, 0.2) is 5.78 Å². The minimum atomic E-state index is -0.737. The van der Waals surface area contributed by atoms with Crippen LogP contribution in [0.3, 0.4) is 0 Å². The van der Waals surface area contributed by atoms with E-state index in [4.69, 9.17) is 0 Å². The summed E-state index contributed by atoms with van der Waals surface area (Å²) in [6, 6.07) is 2.39. The van der Waals surface area contributed by atoms with Gasteiger partial charge in [0.1, 0.15) is 5.41 Å². The number of rotatable bonds is 1. The lowest BCUT2D eigenvalue weighted by atomic mass is 9.57. The van der Waals surface area contributed by atoms with Crippen molar-refractivity contribution in [2.75, 3.05) is 0 Å². The summed E-state index contributed by atoms with van der Waals surface area (Å²) in [5.74, 6) is 0.323. The molecule has 2 aliphatic carbocycles. The number of hydrogen-bond acceptors (Lipinski definition) is 2. The summed E-state index contributed by atoms with van der Waals surface area (Å²) in [4.78, 5) is 12.6. The second kappa shape index (κ2) is 4.29. The van der Waals surface area contributed by atoms with Crippen LogP contribution in [0, 0.1) is 28.1 Å². The molecule has 0 bridgehead atoms. The molecule has 2 aliphatic rings. The van der Waals surface area contributed by atoms with Crippen molar-refractivity contribution in [3.05, 3.63) is 12.2 Å². The monoisotopic (exact) mass is 231 g/mol. The van der Waals surface area contributed by atoms with Crippen molar-refractivity contribution in [1.29, 1.82) is 5.26 Å². The topological polar surface area (TPSA) is 40.9 Å². The Balaban J connectivity index is 2.36. The van der Waals surface area contributed by atoms with Gasteiger partial charge in [-0.05, 0) is 32.1 Å². The molecule has 2 heteroatoms. The molecule has 2 unspecified atom stereocenters. The quantitative estimate of drug-likeness (QED) is 0.646. The highest BCUT2D eigenvalue weighted by Crippen LogP contribution is 2.49. The van der Waals surface area contributed by atoms with Crippen molar-refractivity contribution in [1.82, 2.24) is 0 Å². The van der Waals surface area contributed by atoms with Gasteiger partial charge in [-0.2, -0.15) is 5.26 Å². The second-order valence-electron chi connectivity index (χ2n) is 6.12. The van der Waals surface area contributed by atoms with Crippen molar-refractivity contribution in [3.8, 4) is 6.07 Å². The van der Waals surface area contributed by atoms with Crippen LogP contribution in [0.15, 0.2) is 12.2 Å². The number of nitriles is 1. The van der Waals surface area contributed by atoms with Gasteiger partial charge >= 0.3 is 0 Å². The first kappa shape index (κ1) is 12.4. The molecule has 92 valence electrons. The standard InChI is InChI=1S/C15H21NO/c1-14(2)9-6-10-15(11-16,13(14)17)12-7-4-3-5-8-12/h4,7,12H,3,5-6,8-10H2,1-2H3. The van der Waals surface area contributed by atoms with Crippen LogP contribution >= 0.6 is 0 Å². The van der Waals surface area contributed by atoms with Gasteiger partial charge < -0.3 is 0 Å². The molecule has 2 atom stereocenters. The van der Waals surface area contributed by atoms with Crippen LogP contribution in [0.5, 0.6) is 0 Å². The van der Waals surface area contributed by atoms with E-state index in [-0.39, 0.29) is 17.1 Å². The summed E-state index contributed by atoms with van der Waals surface area (Å²) in [5.41, 5.74) is -1.06. The fraction of sp³-hybridized carbons (Fsp3) is 0.733. The van der Waals surface area contributed by atoms with Crippen molar-refractivity contribution in [3.63, 3.8) is 0 Å². The van der Waals surface area contributed by atoms with E-state index < -0.39 is 5.41 Å². The molecular weight excluding hydrogens is 210 g/mol. The van der Waals surface area contributed by atoms with Crippen LogP contribution in [-0.4, -0.2) is 5.78 Å². The van der Waals surface area contributed by atoms with Crippen LogP contribution in [0.2, 0.25) is 0 Å². The molecule has 0 aromatic heterocycles. The van der Waals surface area contributed by atoms with Gasteiger partial charge in [0.25, 0.3) is 0 Å². The lowest BCUT2D eigenvalue weighted by Crippen LogP contribution is -2.48. The first-order valence-corrected chi connectivity index (χ1v) is 6.66. The van der Waals surface area contributed by atoms with E-state index in [1.807, 2.05) is 13.8 Å². The Morgan fingerprint density at radius 3 is 2.71 bits per heavy atom. The number of carbonyl (C=O) groups is 1. The van der Waals surface area contributed by atoms with Crippen LogP contribution in [-0.2, 0) is 4.79 Å². The molecule has 0 N–H and O–H groups in total. The van der Waals surface area contributed by atoms with Gasteiger partial charge in [-0.3, -0.25) is 4.79 Å². The molecule has 2 rings (SSSR count). The second-order valence-corrected chi connectivity index (χ2v) is 6.12. The fourth-order valence-corrected chi connectivity index (χ4v) is 3.41. The summed E-state index contributed by atoms with van der Waals surface area (Å²) < 4.78 is 0. The highest BCUT2D eigenvalue weighted by Gasteiger charge is 2.52. The van der Waals surface area contributed by atoms with Gasteiger partial charge in [0.2, 0.25) is 0 Å². The van der Waals surface area contributed by atoms with E-state index in [9.17, 15) is 10.1 Å². The van der Waals surface area contributed by atoms with E-state index in [0.29, 0.717) is 0 Å².